The highest BCUT2D eigenvalue weighted by Gasteiger charge is 2.41. The highest BCUT2D eigenvalue weighted by atomic mass is 19.4. The second-order valence-electron chi connectivity index (χ2n) is 5.74. The zero-order valence-corrected chi connectivity index (χ0v) is 12.1. The molecule has 1 saturated carbocycles. The lowest BCUT2D eigenvalue weighted by Crippen LogP contribution is -2.29. The van der Waals surface area contributed by atoms with Crippen molar-refractivity contribution < 1.29 is 27.5 Å². The van der Waals surface area contributed by atoms with Crippen LogP contribution >= 0.6 is 0 Å². The molecule has 1 aromatic carbocycles. The van der Waals surface area contributed by atoms with Gasteiger partial charge in [0.2, 0.25) is 11.8 Å². The number of hydrogen-bond donors (Lipinski definition) is 1. The van der Waals surface area contributed by atoms with Crippen LogP contribution in [0.4, 0.5) is 18.9 Å². The van der Waals surface area contributed by atoms with E-state index >= 15 is 0 Å². The number of nitrogens with zero attached hydrogens (tertiary/aromatic N) is 1. The number of ether oxygens (including phenoxy) is 1. The van der Waals surface area contributed by atoms with Crippen LogP contribution in [0.5, 0.6) is 5.75 Å². The molecular weight excluding hydrogens is 313 g/mol. The summed E-state index contributed by atoms with van der Waals surface area (Å²) in [5.41, 5.74) is 0.363. The molecule has 8 heteroatoms. The molecule has 1 atom stereocenters. The number of nitrogens with one attached hydrogen (secondary N) is 1. The summed E-state index contributed by atoms with van der Waals surface area (Å²) in [7, 11) is 0. The summed E-state index contributed by atoms with van der Waals surface area (Å²) in [6.07, 6.45) is -2.60. The minimum Gasteiger partial charge on any atom is -0.406 e. The van der Waals surface area contributed by atoms with Crippen LogP contribution in [0.1, 0.15) is 19.3 Å². The van der Waals surface area contributed by atoms with Crippen LogP contribution in [0.15, 0.2) is 24.3 Å². The van der Waals surface area contributed by atoms with Crippen LogP contribution in [0.25, 0.3) is 0 Å². The van der Waals surface area contributed by atoms with Gasteiger partial charge in [0.05, 0.1) is 5.92 Å². The van der Waals surface area contributed by atoms with Crippen molar-refractivity contribution in [2.75, 3.05) is 11.9 Å². The first-order valence-corrected chi connectivity index (χ1v) is 7.28. The molecule has 1 saturated heterocycles. The number of amides is 2. The Bertz CT molecular complexity index is 611. The summed E-state index contributed by atoms with van der Waals surface area (Å²) in [4.78, 5) is 25.7. The number of anilines is 1. The zero-order valence-electron chi connectivity index (χ0n) is 12.1. The summed E-state index contributed by atoms with van der Waals surface area (Å²) < 4.78 is 40.0. The Hall–Kier alpha value is -2.25. The molecule has 2 fully saturated rings. The zero-order chi connectivity index (χ0) is 16.6. The fourth-order valence-corrected chi connectivity index (χ4v) is 2.63. The van der Waals surface area contributed by atoms with Gasteiger partial charge in [0, 0.05) is 24.7 Å². The Labute approximate surface area is 130 Å². The normalized spacial score (nSPS) is 21.4. The molecule has 1 N–H and O–H groups in total. The van der Waals surface area contributed by atoms with Gasteiger partial charge in [-0.15, -0.1) is 13.2 Å². The Morgan fingerprint density at radius 2 is 1.87 bits per heavy atom. The fraction of sp³-hybridized carbons (Fsp3) is 0.467. The van der Waals surface area contributed by atoms with Gasteiger partial charge in [-0.05, 0) is 37.1 Å². The molecular formula is C15H15F3N2O3. The molecule has 3 rings (SSSR count). The highest BCUT2D eigenvalue weighted by Crippen LogP contribution is 2.33. The summed E-state index contributed by atoms with van der Waals surface area (Å²) in [5.74, 6) is -1.09. The predicted molar refractivity (Wildman–Crippen MR) is 74.6 cm³/mol. The minimum atomic E-state index is -4.75. The average Bonchev–Trinajstić information content (AvgIpc) is 3.22. The largest absolute Gasteiger partial charge is 0.573 e. The Morgan fingerprint density at radius 3 is 2.43 bits per heavy atom. The lowest BCUT2D eigenvalue weighted by atomic mass is 10.1. The Morgan fingerprint density at radius 1 is 1.22 bits per heavy atom. The summed E-state index contributed by atoms with van der Waals surface area (Å²) in [6, 6.07) is 5.18. The molecule has 1 aromatic rings. The fourth-order valence-electron chi connectivity index (χ4n) is 2.63. The minimum absolute atomic E-state index is 0.0124. The number of rotatable bonds is 4. The van der Waals surface area contributed by atoms with E-state index in [1.807, 2.05) is 0 Å². The second-order valence-corrected chi connectivity index (χ2v) is 5.74. The maximum absolute atomic E-state index is 12.2. The molecule has 0 bridgehead atoms. The maximum atomic E-state index is 12.2. The van der Waals surface area contributed by atoms with E-state index in [9.17, 15) is 22.8 Å². The van der Waals surface area contributed by atoms with Crippen LogP contribution < -0.4 is 10.1 Å². The van der Waals surface area contributed by atoms with Gasteiger partial charge in [-0.3, -0.25) is 9.59 Å². The van der Waals surface area contributed by atoms with E-state index in [0.717, 1.165) is 25.0 Å². The third-order valence-corrected chi connectivity index (χ3v) is 3.87. The molecule has 124 valence electrons. The van der Waals surface area contributed by atoms with E-state index in [1.54, 1.807) is 4.90 Å². The van der Waals surface area contributed by atoms with Crippen molar-refractivity contribution >= 4 is 17.5 Å². The van der Waals surface area contributed by atoms with E-state index in [1.165, 1.54) is 12.1 Å². The van der Waals surface area contributed by atoms with Gasteiger partial charge in [0.25, 0.3) is 0 Å². The Balaban J connectivity index is 1.56. The first-order valence-electron chi connectivity index (χ1n) is 7.28. The quantitative estimate of drug-likeness (QED) is 0.924. The molecule has 1 unspecified atom stereocenters. The van der Waals surface area contributed by atoms with E-state index in [4.69, 9.17) is 0 Å². The van der Waals surface area contributed by atoms with Gasteiger partial charge in [0.1, 0.15) is 5.75 Å². The predicted octanol–water partition coefficient (Wildman–Crippen LogP) is 2.53. The second kappa shape index (κ2) is 5.75. The standard InChI is InChI=1S/C15H15F3N2O3/c16-15(17,18)23-12-5-1-10(2-6-12)19-14(22)9-7-13(21)20(8-9)11-3-4-11/h1-2,5-6,9,11H,3-4,7-8H2,(H,19,22). The Kier molecular flexibility index (Phi) is 3.91. The lowest BCUT2D eigenvalue weighted by molar-refractivity contribution is -0.274. The van der Waals surface area contributed by atoms with E-state index in [-0.39, 0.29) is 30.0 Å². The number of carbonyl (C=O) groups excluding carboxylic acids is 2. The first kappa shape index (κ1) is 15.6. The molecule has 1 aliphatic carbocycles. The van der Waals surface area contributed by atoms with Crippen LogP contribution in [0.3, 0.4) is 0 Å². The van der Waals surface area contributed by atoms with Gasteiger partial charge in [0.15, 0.2) is 0 Å². The highest BCUT2D eigenvalue weighted by molar-refractivity contribution is 5.97. The molecule has 0 spiro atoms. The van der Waals surface area contributed by atoms with Gasteiger partial charge in [-0.1, -0.05) is 0 Å². The molecule has 1 heterocycles. The monoisotopic (exact) mass is 328 g/mol. The van der Waals surface area contributed by atoms with Gasteiger partial charge in [-0.25, -0.2) is 0 Å². The van der Waals surface area contributed by atoms with E-state index in [0.29, 0.717) is 12.2 Å². The number of likely N-dealkylation sites (tertiary alicyclic amines) is 1. The maximum Gasteiger partial charge on any atom is 0.573 e. The number of benzene rings is 1. The average molecular weight is 328 g/mol. The summed E-state index contributed by atoms with van der Waals surface area (Å²) in [5, 5.41) is 2.62. The first-order chi connectivity index (χ1) is 10.8. The van der Waals surface area contributed by atoms with Crippen LogP contribution in [-0.4, -0.2) is 35.7 Å². The third kappa shape index (κ3) is 3.94. The number of carbonyl (C=O) groups is 2. The summed E-state index contributed by atoms with van der Waals surface area (Å²) >= 11 is 0. The van der Waals surface area contributed by atoms with Crippen molar-refractivity contribution in [3.8, 4) is 5.75 Å². The van der Waals surface area contributed by atoms with Crippen LogP contribution in [0.2, 0.25) is 0 Å². The van der Waals surface area contributed by atoms with Crippen molar-refractivity contribution in [2.45, 2.75) is 31.7 Å². The molecule has 2 aliphatic rings. The smallest absolute Gasteiger partial charge is 0.406 e. The number of alkyl halides is 3. The molecule has 1 aliphatic heterocycles. The van der Waals surface area contributed by atoms with Crippen molar-refractivity contribution in [1.82, 2.24) is 4.90 Å². The lowest BCUT2D eigenvalue weighted by Gasteiger charge is -2.15. The summed E-state index contributed by atoms with van der Waals surface area (Å²) in [6.45, 7) is 0.407. The third-order valence-electron chi connectivity index (χ3n) is 3.87. The van der Waals surface area contributed by atoms with Crippen molar-refractivity contribution in [3.05, 3.63) is 24.3 Å². The molecule has 0 radical (unpaired) electrons. The van der Waals surface area contributed by atoms with Crippen LogP contribution in [0, 0.1) is 5.92 Å². The van der Waals surface area contributed by atoms with E-state index < -0.39 is 12.3 Å². The molecule has 5 nitrogen and oxygen atoms in total. The number of hydrogen-bond acceptors (Lipinski definition) is 3. The van der Waals surface area contributed by atoms with Crippen molar-refractivity contribution in [1.29, 1.82) is 0 Å². The van der Waals surface area contributed by atoms with Gasteiger partial charge >= 0.3 is 6.36 Å². The van der Waals surface area contributed by atoms with Crippen molar-refractivity contribution in [2.24, 2.45) is 5.92 Å². The molecule has 0 aromatic heterocycles. The van der Waals surface area contributed by atoms with Gasteiger partial charge in [-0.2, -0.15) is 0 Å². The SMILES string of the molecule is O=C(Nc1ccc(OC(F)(F)F)cc1)C1CC(=O)N(C2CC2)C1. The van der Waals surface area contributed by atoms with Gasteiger partial charge < -0.3 is 15.0 Å². The van der Waals surface area contributed by atoms with Crippen LogP contribution in [-0.2, 0) is 9.59 Å². The van der Waals surface area contributed by atoms with E-state index in [2.05, 4.69) is 10.1 Å². The van der Waals surface area contributed by atoms with Crippen molar-refractivity contribution in [3.63, 3.8) is 0 Å². The molecule has 2 amide bonds. The topological polar surface area (TPSA) is 58.6 Å². The molecule has 23 heavy (non-hydrogen) atoms. The number of halogens is 3.